The Morgan fingerprint density at radius 3 is 2.52 bits per heavy atom. The molecule has 0 saturated heterocycles. The van der Waals surface area contributed by atoms with Crippen molar-refractivity contribution in [1.29, 1.82) is 0 Å². The second-order valence-corrected chi connectivity index (χ2v) is 10.2. The van der Waals surface area contributed by atoms with E-state index in [1.807, 2.05) is 13.0 Å². The highest BCUT2D eigenvalue weighted by Crippen LogP contribution is 2.32. The van der Waals surface area contributed by atoms with Crippen molar-refractivity contribution in [2.75, 3.05) is 10.0 Å². The van der Waals surface area contributed by atoms with Crippen LogP contribution in [0.5, 0.6) is 0 Å². The third kappa shape index (κ3) is 4.67. The van der Waals surface area contributed by atoms with E-state index in [2.05, 4.69) is 15.0 Å². The van der Waals surface area contributed by atoms with Gasteiger partial charge in [-0.1, -0.05) is 40.6 Å². The van der Waals surface area contributed by atoms with Gasteiger partial charge in [-0.25, -0.2) is 13.4 Å². The van der Waals surface area contributed by atoms with Gasteiger partial charge < -0.3 is 0 Å². The Labute approximate surface area is 192 Å². The van der Waals surface area contributed by atoms with Crippen LogP contribution >= 0.6 is 34.5 Å². The first-order valence-electron chi connectivity index (χ1n) is 8.98. The number of aryl methyl sites for hydroxylation is 1. The molecule has 0 saturated carbocycles. The lowest BCUT2D eigenvalue weighted by Gasteiger charge is -2.09. The van der Waals surface area contributed by atoms with Gasteiger partial charge in [0.15, 0.2) is 5.13 Å². The maximum absolute atomic E-state index is 12.7. The number of aromatic nitrogens is 1. The fourth-order valence-corrected chi connectivity index (χ4v) is 5.12. The van der Waals surface area contributed by atoms with Crippen LogP contribution in [-0.4, -0.2) is 19.3 Å². The smallest absolute Gasteiger partial charge is 0.261 e. The van der Waals surface area contributed by atoms with Crippen molar-refractivity contribution in [3.05, 3.63) is 81.8 Å². The van der Waals surface area contributed by atoms with Crippen molar-refractivity contribution in [3.8, 4) is 0 Å². The molecular weight excluding hydrogens is 477 g/mol. The average molecular weight is 492 g/mol. The number of thiazole rings is 1. The van der Waals surface area contributed by atoms with Gasteiger partial charge in [0.2, 0.25) is 0 Å². The molecule has 6 nitrogen and oxygen atoms in total. The highest BCUT2D eigenvalue weighted by Gasteiger charge is 2.16. The van der Waals surface area contributed by atoms with E-state index in [4.69, 9.17) is 23.2 Å². The summed E-state index contributed by atoms with van der Waals surface area (Å²) >= 11 is 13.3. The highest BCUT2D eigenvalue weighted by molar-refractivity contribution is 7.92. The van der Waals surface area contributed by atoms with E-state index in [1.165, 1.54) is 41.7 Å². The summed E-state index contributed by atoms with van der Waals surface area (Å²) in [5, 5.41) is 4.23. The first kappa shape index (κ1) is 21.6. The monoisotopic (exact) mass is 491 g/mol. The van der Waals surface area contributed by atoms with Crippen molar-refractivity contribution in [1.82, 2.24) is 4.98 Å². The van der Waals surface area contributed by atoms with Gasteiger partial charge in [0, 0.05) is 21.3 Å². The van der Waals surface area contributed by atoms with Crippen molar-refractivity contribution >= 4 is 71.5 Å². The Hall–Kier alpha value is -2.65. The molecule has 0 radical (unpaired) electrons. The van der Waals surface area contributed by atoms with E-state index in [1.54, 1.807) is 24.3 Å². The number of fused-ring (bicyclic) bond motifs is 1. The van der Waals surface area contributed by atoms with Gasteiger partial charge >= 0.3 is 0 Å². The summed E-state index contributed by atoms with van der Waals surface area (Å²) < 4.78 is 28.5. The minimum absolute atomic E-state index is 0.0651. The van der Waals surface area contributed by atoms with Crippen LogP contribution in [-0.2, 0) is 10.0 Å². The van der Waals surface area contributed by atoms with E-state index in [0.29, 0.717) is 15.2 Å². The second kappa shape index (κ2) is 8.47. The number of nitrogens with zero attached hydrogens (tertiary/aromatic N) is 1. The van der Waals surface area contributed by atoms with E-state index in [0.717, 1.165) is 15.8 Å². The Morgan fingerprint density at radius 1 is 1.03 bits per heavy atom. The lowest BCUT2D eigenvalue weighted by atomic mass is 10.2. The number of halogens is 2. The standard InChI is InChI=1S/C21H15Cl2N3O3S2/c1-12-17(23)9-10-18-19(12)24-21(30-18)25-20(27)13-3-2-4-15(11-13)26-31(28,29)16-7-5-14(22)6-8-16/h2-11,26H,1H3,(H,24,25,27). The van der Waals surface area contributed by atoms with Crippen LogP contribution in [0.15, 0.2) is 65.6 Å². The normalized spacial score (nSPS) is 11.5. The molecule has 0 aliphatic rings. The van der Waals surface area contributed by atoms with Crippen LogP contribution in [0.4, 0.5) is 10.8 Å². The molecule has 2 N–H and O–H groups in total. The summed E-state index contributed by atoms with van der Waals surface area (Å²) in [6, 6.07) is 15.6. The van der Waals surface area contributed by atoms with Gasteiger partial charge in [-0.2, -0.15) is 0 Å². The minimum Gasteiger partial charge on any atom is -0.298 e. The molecule has 4 aromatic rings. The summed E-state index contributed by atoms with van der Waals surface area (Å²) in [7, 11) is -3.82. The second-order valence-electron chi connectivity index (χ2n) is 6.63. The zero-order valence-corrected chi connectivity index (χ0v) is 19.2. The zero-order chi connectivity index (χ0) is 22.2. The molecule has 4 rings (SSSR count). The molecule has 31 heavy (non-hydrogen) atoms. The number of carbonyl (C=O) groups is 1. The molecule has 0 spiro atoms. The number of benzene rings is 3. The number of hydrogen-bond donors (Lipinski definition) is 2. The van der Waals surface area contributed by atoms with Crippen molar-refractivity contribution < 1.29 is 13.2 Å². The van der Waals surface area contributed by atoms with Crippen LogP contribution in [0.1, 0.15) is 15.9 Å². The molecule has 0 aliphatic heterocycles. The third-order valence-electron chi connectivity index (χ3n) is 4.47. The Bertz CT molecular complexity index is 1400. The first-order chi connectivity index (χ1) is 14.7. The van der Waals surface area contributed by atoms with Crippen LogP contribution in [0, 0.1) is 6.92 Å². The summed E-state index contributed by atoms with van der Waals surface area (Å²) in [6.45, 7) is 1.87. The predicted molar refractivity (Wildman–Crippen MR) is 126 cm³/mol. The Balaban J connectivity index is 1.54. The maximum atomic E-state index is 12.7. The molecule has 10 heteroatoms. The number of nitrogens with one attached hydrogen (secondary N) is 2. The molecule has 1 heterocycles. The van der Waals surface area contributed by atoms with E-state index in [-0.39, 0.29) is 16.1 Å². The van der Waals surface area contributed by atoms with Crippen LogP contribution in [0.3, 0.4) is 0 Å². The number of rotatable bonds is 5. The number of carbonyl (C=O) groups excluding carboxylic acids is 1. The minimum atomic E-state index is -3.82. The topological polar surface area (TPSA) is 88.2 Å². The molecule has 0 fully saturated rings. The van der Waals surface area contributed by atoms with Gasteiger partial charge in [-0.15, -0.1) is 0 Å². The number of anilines is 2. The van der Waals surface area contributed by atoms with Crippen molar-refractivity contribution in [2.45, 2.75) is 11.8 Å². The van der Waals surface area contributed by atoms with Gasteiger partial charge in [0.25, 0.3) is 15.9 Å². The van der Waals surface area contributed by atoms with Gasteiger partial charge in [-0.3, -0.25) is 14.8 Å². The molecule has 0 bridgehead atoms. The molecule has 158 valence electrons. The zero-order valence-electron chi connectivity index (χ0n) is 16.0. The lowest BCUT2D eigenvalue weighted by Crippen LogP contribution is -2.15. The summed E-state index contributed by atoms with van der Waals surface area (Å²) in [5.41, 5.74) is 2.12. The molecule has 0 atom stereocenters. The first-order valence-corrected chi connectivity index (χ1v) is 12.0. The predicted octanol–water partition coefficient (Wildman–Crippen LogP) is 5.96. The van der Waals surface area contributed by atoms with Gasteiger partial charge in [0.05, 0.1) is 15.1 Å². The lowest BCUT2D eigenvalue weighted by molar-refractivity contribution is 0.102. The van der Waals surface area contributed by atoms with Crippen molar-refractivity contribution in [3.63, 3.8) is 0 Å². The van der Waals surface area contributed by atoms with E-state index < -0.39 is 15.9 Å². The molecule has 3 aromatic carbocycles. The fraction of sp³-hybridized carbons (Fsp3) is 0.0476. The van der Waals surface area contributed by atoms with E-state index in [9.17, 15) is 13.2 Å². The molecule has 0 aliphatic carbocycles. The highest BCUT2D eigenvalue weighted by atomic mass is 35.5. The summed E-state index contributed by atoms with van der Waals surface area (Å²) in [5.74, 6) is -0.407. The molecule has 1 amide bonds. The Kier molecular flexibility index (Phi) is 5.90. The van der Waals surface area contributed by atoms with Crippen molar-refractivity contribution in [2.24, 2.45) is 0 Å². The van der Waals surface area contributed by atoms with Crippen LogP contribution in [0.25, 0.3) is 10.2 Å². The fourth-order valence-electron chi connectivity index (χ4n) is 2.88. The van der Waals surface area contributed by atoms with Crippen LogP contribution in [0.2, 0.25) is 10.0 Å². The average Bonchev–Trinajstić information content (AvgIpc) is 3.14. The van der Waals surface area contributed by atoms with Gasteiger partial charge in [0.1, 0.15) is 0 Å². The number of amides is 1. The summed E-state index contributed by atoms with van der Waals surface area (Å²) in [4.78, 5) is 17.2. The van der Waals surface area contributed by atoms with Crippen LogP contribution < -0.4 is 10.0 Å². The van der Waals surface area contributed by atoms with E-state index >= 15 is 0 Å². The maximum Gasteiger partial charge on any atom is 0.261 e. The SMILES string of the molecule is Cc1c(Cl)ccc2sc(NC(=O)c3cccc(NS(=O)(=O)c4ccc(Cl)cc4)c3)nc12. The summed E-state index contributed by atoms with van der Waals surface area (Å²) in [6.07, 6.45) is 0. The number of sulfonamides is 1. The molecular formula is C21H15Cl2N3O3S2. The largest absolute Gasteiger partial charge is 0.298 e. The van der Waals surface area contributed by atoms with Gasteiger partial charge in [-0.05, 0) is 67.1 Å². The molecule has 0 unspecified atom stereocenters. The number of hydrogen-bond acceptors (Lipinski definition) is 5. The quantitative estimate of drug-likeness (QED) is 0.360. The Morgan fingerprint density at radius 2 is 1.77 bits per heavy atom. The third-order valence-corrected chi connectivity index (χ3v) is 7.46. The molecule has 1 aromatic heterocycles.